The zero-order chi connectivity index (χ0) is 41.1. The summed E-state index contributed by atoms with van der Waals surface area (Å²) in [6, 6.07) is 58.4. The summed E-state index contributed by atoms with van der Waals surface area (Å²) in [5, 5.41) is 0. The average Bonchev–Trinajstić information content (AvgIpc) is 3.79. The van der Waals surface area contributed by atoms with Crippen LogP contribution in [0.15, 0.2) is 207 Å². The van der Waals surface area contributed by atoms with Crippen molar-refractivity contribution in [2.45, 2.75) is 13.1 Å². The van der Waals surface area contributed by atoms with Crippen LogP contribution in [-0.4, -0.2) is 9.97 Å². The third-order valence-corrected chi connectivity index (χ3v) is 11.6. The van der Waals surface area contributed by atoms with Gasteiger partial charge in [-0.1, -0.05) is 97.1 Å². The van der Waals surface area contributed by atoms with Crippen LogP contribution in [0.3, 0.4) is 0 Å². The van der Waals surface area contributed by atoms with Crippen molar-refractivity contribution in [1.29, 1.82) is 0 Å². The van der Waals surface area contributed by atoms with E-state index < -0.39 is 11.7 Å². The highest BCUT2D eigenvalue weighted by atomic mass is 32.1. The first kappa shape index (κ1) is 38.2. The number of hydrogen-bond donors (Lipinski definition) is 0. The van der Waals surface area contributed by atoms with Gasteiger partial charge in [-0.25, -0.2) is 0 Å². The van der Waals surface area contributed by atoms with E-state index in [1.165, 1.54) is 17.4 Å². The van der Waals surface area contributed by atoms with Crippen LogP contribution in [0.25, 0.3) is 43.1 Å². The van der Waals surface area contributed by atoms with Gasteiger partial charge in [-0.15, -0.1) is 11.3 Å². The lowest BCUT2D eigenvalue weighted by Crippen LogP contribution is -2.17. The number of anilines is 6. The lowest BCUT2D eigenvalue weighted by Gasteiger charge is -2.28. The Bertz CT molecular complexity index is 2850. The Labute approximate surface area is 351 Å². The molecule has 9 rings (SSSR count). The van der Waals surface area contributed by atoms with Gasteiger partial charge in [0.1, 0.15) is 0 Å². The Hall–Kier alpha value is -7.29. The van der Waals surface area contributed by atoms with Crippen LogP contribution in [-0.2, 0) is 6.18 Å². The molecule has 0 amide bonds. The Balaban J connectivity index is 1.04. The van der Waals surface area contributed by atoms with Crippen LogP contribution in [0.4, 0.5) is 47.3 Å². The molecule has 60 heavy (non-hydrogen) atoms. The Morgan fingerprint density at radius 2 is 0.850 bits per heavy atom. The van der Waals surface area contributed by atoms with Gasteiger partial charge in [-0.3, -0.25) is 9.97 Å². The van der Waals surface area contributed by atoms with Gasteiger partial charge in [-0.2, -0.15) is 13.2 Å². The summed E-state index contributed by atoms with van der Waals surface area (Å²) in [7, 11) is 0. The van der Waals surface area contributed by atoms with E-state index in [4.69, 9.17) is 0 Å². The first-order valence-corrected chi connectivity index (χ1v) is 20.3. The van der Waals surface area contributed by atoms with Gasteiger partial charge in [0.2, 0.25) is 0 Å². The van der Waals surface area contributed by atoms with Crippen LogP contribution in [0, 0.1) is 6.92 Å². The molecule has 9 aromatic rings. The maximum Gasteiger partial charge on any atom is 0.418 e. The largest absolute Gasteiger partial charge is 0.418 e. The van der Waals surface area contributed by atoms with Crippen LogP contribution in [0.2, 0.25) is 0 Å². The van der Waals surface area contributed by atoms with Crippen molar-refractivity contribution in [3.8, 4) is 43.1 Å². The van der Waals surface area contributed by atoms with Gasteiger partial charge in [0.05, 0.1) is 35.0 Å². The van der Waals surface area contributed by atoms with Crippen molar-refractivity contribution < 1.29 is 13.2 Å². The SMILES string of the molecule is Cc1cc(-c2ccc(-c3ccc(N(c4ccc(-c5ccccc5)cc4)c4cccnc4)c(C(F)(F)F)c3)s2)ccc1N(c1ccc(-c2ccccc2)cc1)c1cccnc1. The zero-order valence-electron chi connectivity index (χ0n) is 32.5. The summed E-state index contributed by atoms with van der Waals surface area (Å²) in [5.41, 5.74) is 10.1. The Morgan fingerprint density at radius 3 is 1.30 bits per heavy atom. The minimum absolute atomic E-state index is 0.0163. The number of nitrogens with zero attached hydrogens (tertiary/aromatic N) is 4. The van der Waals surface area contributed by atoms with Crippen molar-refractivity contribution >= 4 is 45.5 Å². The summed E-state index contributed by atoms with van der Waals surface area (Å²) in [5.74, 6) is 0. The van der Waals surface area contributed by atoms with Gasteiger partial charge in [0.15, 0.2) is 0 Å². The molecule has 0 bridgehead atoms. The lowest BCUT2D eigenvalue weighted by molar-refractivity contribution is -0.137. The van der Waals surface area contributed by atoms with E-state index in [0.717, 1.165) is 60.2 Å². The summed E-state index contributed by atoms with van der Waals surface area (Å²) in [6.45, 7) is 2.08. The quantitative estimate of drug-likeness (QED) is 0.138. The van der Waals surface area contributed by atoms with Crippen LogP contribution < -0.4 is 9.80 Å². The van der Waals surface area contributed by atoms with E-state index in [9.17, 15) is 0 Å². The van der Waals surface area contributed by atoms with Gasteiger partial charge >= 0.3 is 6.18 Å². The summed E-state index contributed by atoms with van der Waals surface area (Å²) < 4.78 is 45.4. The molecule has 6 aromatic carbocycles. The molecule has 0 aliphatic carbocycles. The third kappa shape index (κ3) is 7.93. The predicted molar refractivity (Wildman–Crippen MR) is 241 cm³/mol. The lowest BCUT2D eigenvalue weighted by atomic mass is 10.0. The molecule has 0 saturated heterocycles. The molecule has 0 aliphatic heterocycles. The number of aryl methyl sites for hydroxylation is 1. The topological polar surface area (TPSA) is 32.3 Å². The van der Waals surface area contributed by atoms with Crippen molar-refractivity contribution in [3.05, 3.63) is 218 Å². The second kappa shape index (κ2) is 16.5. The van der Waals surface area contributed by atoms with Crippen molar-refractivity contribution in [1.82, 2.24) is 9.97 Å². The Kier molecular flexibility index (Phi) is 10.5. The van der Waals surface area contributed by atoms with E-state index in [-0.39, 0.29) is 5.69 Å². The van der Waals surface area contributed by atoms with E-state index in [1.54, 1.807) is 47.8 Å². The molecule has 3 aromatic heterocycles. The number of halogens is 3. The highest BCUT2D eigenvalue weighted by molar-refractivity contribution is 7.18. The van der Waals surface area contributed by atoms with Crippen LogP contribution >= 0.6 is 11.3 Å². The number of aromatic nitrogens is 2. The number of hydrogen-bond acceptors (Lipinski definition) is 5. The molecule has 292 valence electrons. The molecule has 0 unspecified atom stereocenters. The first-order valence-electron chi connectivity index (χ1n) is 19.4. The first-order chi connectivity index (χ1) is 29.3. The normalized spacial score (nSPS) is 11.3. The molecule has 0 saturated carbocycles. The molecular weight excluding hydrogens is 770 g/mol. The van der Waals surface area contributed by atoms with Crippen LogP contribution in [0.5, 0.6) is 0 Å². The minimum atomic E-state index is -4.63. The molecular formula is C52H37F3N4S. The van der Waals surface area contributed by atoms with Crippen molar-refractivity contribution in [2.24, 2.45) is 0 Å². The molecule has 3 heterocycles. The fourth-order valence-electron chi connectivity index (χ4n) is 7.51. The highest BCUT2D eigenvalue weighted by Gasteiger charge is 2.36. The maximum atomic E-state index is 15.1. The second-order valence-corrected chi connectivity index (χ2v) is 15.4. The monoisotopic (exact) mass is 806 g/mol. The third-order valence-electron chi connectivity index (χ3n) is 10.4. The molecule has 4 nitrogen and oxygen atoms in total. The number of rotatable bonds is 10. The number of pyridine rings is 2. The number of benzene rings is 6. The van der Waals surface area contributed by atoms with Gasteiger partial charge in [0.25, 0.3) is 0 Å². The fraction of sp³-hybridized carbons (Fsp3) is 0.0385. The van der Waals surface area contributed by atoms with Gasteiger partial charge in [-0.05, 0) is 131 Å². The summed E-state index contributed by atoms with van der Waals surface area (Å²) >= 11 is 1.47. The molecule has 0 fully saturated rings. The van der Waals surface area contributed by atoms with Gasteiger partial charge in [0, 0.05) is 39.2 Å². The zero-order valence-corrected chi connectivity index (χ0v) is 33.3. The van der Waals surface area contributed by atoms with E-state index in [1.807, 2.05) is 103 Å². The molecule has 0 N–H and O–H groups in total. The maximum absolute atomic E-state index is 15.1. The van der Waals surface area contributed by atoms with E-state index in [0.29, 0.717) is 16.9 Å². The Morgan fingerprint density at radius 1 is 0.417 bits per heavy atom. The van der Waals surface area contributed by atoms with E-state index in [2.05, 4.69) is 76.4 Å². The molecule has 8 heteroatoms. The van der Waals surface area contributed by atoms with Crippen molar-refractivity contribution in [3.63, 3.8) is 0 Å². The number of thiophene rings is 1. The number of alkyl halides is 3. The van der Waals surface area contributed by atoms with E-state index >= 15 is 13.2 Å². The second-order valence-electron chi connectivity index (χ2n) is 14.3. The highest BCUT2D eigenvalue weighted by Crippen LogP contribution is 2.46. The summed E-state index contributed by atoms with van der Waals surface area (Å²) in [6.07, 6.45) is 2.17. The molecule has 0 aliphatic rings. The fourth-order valence-corrected chi connectivity index (χ4v) is 8.51. The molecule has 0 radical (unpaired) electrons. The standard InChI is InChI=1S/C52H37F3N4S/c1-36-32-41(20-26-48(36)58(45-14-8-30-56-34-45)43-22-16-39(17-23-43)37-10-4-2-5-11-37)50-28-29-51(60-50)42-21-27-49(47(33-42)52(53,54)55)59(46-15-9-31-57-35-46)44-24-18-40(19-25-44)38-12-6-3-7-13-38/h2-35H,1H3. The van der Waals surface area contributed by atoms with Crippen molar-refractivity contribution in [2.75, 3.05) is 9.80 Å². The minimum Gasteiger partial charge on any atom is -0.309 e. The predicted octanol–water partition coefficient (Wildman–Crippen LogP) is 15.5. The van der Waals surface area contributed by atoms with Crippen LogP contribution in [0.1, 0.15) is 11.1 Å². The average molecular weight is 807 g/mol. The van der Waals surface area contributed by atoms with Gasteiger partial charge < -0.3 is 9.80 Å². The smallest absolute Gasteiger partial charge is 0.309 e. The molecule has 0 atom stereocenters. The molecule has 0 spiro atoms. The summed E-state index contributed by atoms with van der Waals surface area (Å²) in [4.78, 5) is 14.2.